The lowest BCUT2D eigenvalue weighted by molar-refractivity contribution is -0.143. The molecule has 0 bridgehead atoms. The van der Waals surface area contributed by atoms with Crippen molar-refractivity contribution in [2.24, 2.45) is 11.8 Å². The van der Waals surface area contributed by atoms with Crippen molar-refractivity contribution in [2.75, 3.05) is 33.4 Å². The molecule has 1 N–H and O–H groups in total. The van der Waals surface area contributed by atoms with E-state index in [1.54, 1.807) is 12.3 Å². The van der Waals surface area contributed by atoms with E-state index >= 15 is 0 Å². The van der Waals surface area contributed by atoms with Crippen molar-refractivity contribution >= 4 is 29.1 Å². The fourth-order valence-electron chi connectivity index (χ4n) is 5.82. The standard InChI is InChI=1S/C33H58N4O5S/c1-9-13-14-16-20-37(32(39)29(24(7)10-2)35-30(38)26-18-15-17-19-36(26)8)27(23(5)6)21-28(41-11-3)31-34-25(22-43-31)33(40)42-12-4/h22-24,26-29H,9-21H2,1-8H3,(H,35,38)/t24-,26+,27+,28+,29-/m0/s1. The second-order valence-electron chi connectivity index (χ2n) is 12.2. The molecule has 0 aliphatic carbocycles. The van der Waals surface area contributed by atoms with Crippen molar-refractivity contribution in [3.05, 3.63) is 16.1 Å². The summed E-state index contributed by atoms with van der Waals surface area (Å²) in [6, 6.07) is -0.935. The van der Waals surface area contributed by atoms with Gasteiger partial charge in [0.25, 0.3) is 0 Å². The van der Waals surface area contributed by atoms with Gasteiger partial charge in [0.05, 0.1) is 12.6 Å². The van der Waals surface area contributed by atoms with E-state index in [-0.39, 0.29) is 54.1 Å². The molecule has 2 heterocycles. The summed E-state index contributed by atoms with van der Waals surface area (Å²) in [6.07, 6.45) is 8.07. The highest BCUT2D eigenvalue weighted by Crippen LogP contribution is 2.32. The lowest BCUT2D eigenvalue weighted by atomic mass is 9.91. The number of rotatable bonds is 19. The Hall–Kier alpha value is -2.04. The first-order chi connectivity index (χ1) is 20.6. The number of unbranched alkanes of at least 4 members (excludes halogenated alkanes) is 3. The molecule has 43 heavy (non-hydrogen) atoms. The van der Waals surface area contributed by atoms with Gasteiger partial charge >= 0.3 is 5.97 Å². The number of nitrogens with zero attached hydrogens (tertiary/aromatic N) is 3. The maximum Gasteiger partial charge on any atom is 0.357 e. The highest BCUT2D eigenvalue weighted by Gasteiger charge is 2.38. The van der Waals surface area contributed by atoms with Gasteiger partial charge in [-0.25, -0.2) is 9.78 Å². The van der Waals surface area contributed by atoms with Crippen LogP contribution in [0.5, 0.6) is 0 Å². The fraction of sp³-hybridized carbons (Fsp3) is 0.818. The van der Waals surface area contributed by atoms with Gasteiger partial charge in [-0.05, 0) is 58.5 Å². The molecule has 0 spiro atoms. The first-order valence-corrected chi connectivity index (χ1v) is 17.5. The Balaban J connectivity index is 2.40. The monoisotopic (exact) mass is 622 g/mol. The minimum absolute atomic E-state index is 0.00918. The van der Waals surface area contributed by atoms with Crippen LogP contribution in [0.15, 0.2) is 5.38 Å². The SMILES string of the molecule is CCCCCCN(C(=O)[C@@H](NC(=O)[C@H]1CCCCN1C)[C@@H](C)CC)[C@H](C[C@@H](OCC)c1nc(C(=O)OCC)cs1)C(C)C. The van der Waals surface area contributed by atoms with Crippen molar-refractivity contribution in [1.82, 2.24) is 20.1 Å². The van der Waals surface area contributed by atoms with E-state index in [0.29, 0.717) is 24.6 Å². The van der Waals surface area contributed by atoms with E-state index in [9.17, 15) is 14.4 Å². The molecule has 9 nitrogen and oxygen atoms in total. The molecular formula is C33H58N4O5S. The molecule has 1 aliphatic rings. The van der Waals surface area contributed by atoms with Crippen molar-refractivity contribution in [2.45, 2.75) is 130 Å². The quantitative estimate of drug-likeness (QED) is 0.144. The third kappa shape index (κ3) is 11.1. The number of aromatic nitrogens is 1. The summed E-state index contributed by atoms with van der Waals surface area (Å²) in [5.41, 5.74) is 0.285. The average molecular weight is 623 g/mol. The number of likely N-dealkylation sites (N-methyl/N-ethyl adjacent to an activating group) is 1. The highest BCUT2D eigenvalue weighted by atomic mass is 32.1. The lowest BCUT2D eigenvalue weighted by Gasteiger charge is -2.40. The topological polar surface area (TPSA) is 101 Å². The molecule has 1 fully saturated rings. The zero-order valence-corrected chi connectivity index (χ0v) is 28.8. The van der Waals surface area contributed by atoms with Crippen molar-refractivity contribution < 1.29 is 23.9 Å². The largest absolute Gasteiger partial charge is 0.461 e. The van der Waals surface area contributed by atoms with Crippen LogP contribution in [0, 0.1) is 11.8 Å². The number of hydrogen-bond donors (Lipinski definition) is 1. The van der Waals surface area contributed by atoms with Crippen molar-refractivity contribution in [3.63, 3.8) is 0 Å². The van der Waals surface area contributed by atoms with Crippen molar-refractivity contribution in [3.8, 4) is 0 Å². The van der Waals surface area contributed by atoms with E-state index in [2.05, 4.69) is 49.8 Å². The number of carbonyl (C=O) groups is 3. The molecule has 1 aromatic rings. The maximum absolute atomic E-state index is 14.6. The number of ether oxygens (including phenoxy) is 2. The van der Waals surface area contributed by atoms with Crippen molar-refractivity contribution in [1.29, 1.82) is 0 Å². The molecule has 5 atom stereocenters. The van der Waals surface area contributed by atoms with Gasteiger partial charge in [-0.15, -0.1) is 11.3 Å². The van der Waals surface area contributed by atoms with Gasteiger partial charge in [0.15, 0.2) is 5.69 Å². The van der Waals surface area contributed by atoms with Crippen LogP contribution in [-0.4, -0.2) is 84.0 Å². The molecule has 1 saturated heterocycles. The van der Waals surface area contributed by atoms with Crippen LogP contribution in [0.25, 0.3) is 0 Å². The number of hydrogen-bond acceptors (Lipinski definition) is 8. The predicted molar refractivity (Wildman–Crippen MR) is 173 cm³/mol. The Morgan fingerprint density at radius 3 is 2.44 bits per heavy atom. The summed E-state index contributed by atoms with van der Waals surface area (Å²) in [7, 11) is 2.00. The molecule has 2 amide bonds. The number of thiazole rings is 1. The summed E-state index contributed by atoms with van der Waals surface area (Å²) in [6.45, 7) is 16.6. The zero-order chi connectivity index (χ0) is 31.9. The number of carbonyl (C=O) groups excluding carboxylic acids is 3. The van der Waals surface area contributed by atoms with Crippen LogP contribution >= 0.6 is 11.3 Å². The minimum atomic E-state index is -0.596. The highest BCUT2D eigenvalue weighted by molar-refractivity contribution is 7.09. The molecule has 1 aliphatic heterocycles. The Morgan fingerprint density at radius 1 is 1.09 bits per heavy atom. The second kappa shape index (κ2) is 19.4. The molecule has 10 heteroatoms. The predicted octanol–water partition coefficient (Wildman–Crippen LogP) is 6.24. The van der Waals surface area contributed by atoms with Gasteiger partial charge in [-0.1, -0.05) is 66.7 Å². The van der Waals surface area contributed by atoms with Gasteiger partial charge < -0.3 is 19.7 Å². The summed E-state index contributed by atoms with van der Waals surface area (Å²) >= 11 is 1.39. The molecular weight excluding hydrogens is 564 g/mol. The van der Waals surface area contributed by atoms with Gasteiger partial charge in [-0.3, -0.25) is 14.5 Å². The third-order valence-electron chi connectivity index (χ3n) is 8.66. The number of piperidine rings is 1. The van der Waals surface area contributed by atoms with E-state index in [4.69, 9.17) is 9.47 Å². The summed E-state index contributed by atoms with van der Waals surface area (Å²) in [5, 5.41) is 5.64. The number of amides is 2. The molecule has 0 unspecified atom stereocenters. The van der Waals surface area contributed by atoms with Gasteiger partial charge in [-0.2, -0.15) is 0 Å². The summed E-state index contributed by atoms with van der Waals surface area (Å²) in [5.74, 6) is -0.373. The first-order valence-electron chi connectivity index (χ1n) is 16.6. The zero-order valence-electron chi connectivity index (χ0n) is 28.0. The van der Waals surface area contributed by atoms with Gasteiger partial charge in [0.2, 0.25) is 11.8 Å². The van der Waals surface area contributed by atoms with E-state index < -0.39 is 12.0 Å². The molecule has 0 saturated carbocycles. The van der Waals surface area contributed by atoms with Crippen LogP contribution in [0.4, 0.5) is 0 Å². The Bertz CT molecular complexity index is 986. The van der Waals surface area contributed by atoms with Crippen LogP contribution in [0.3, 0.4) is 0 Å². The molecule has 2 rings (SSSR count). The molecule has 0 radical (unpaired) electrons. The first kappa shape index (κ1) is 37.1. The second-order valence-corrected chi connectivity index (χ2v) is 13.1. The fourth-order valence-corrected chi connectivity index (χ4v) is 6.67. The Kier molecular flexibility index (Phi) is 16.7. The molecule has 1 aromatic heterocycles. The average Bonchev–Trinajstić information content (AvgIpc) is 3.48. The number of likely N-dealkylation sites (tertiary alicyclic amines) is 1. The summed E-state index contributed by atoms with van der Waals surface area (Å²) < 4.78 is 11.4. The van der Waals surface area contributed by atoms with Crippen LogP contribution in [0.1, 0.15) is 128 Å². The van der Waals surface area contributed by atoms with E-state index in [1.807, 2.05) is 18.9 Å². The normalized spacial score (nSPS) is 18.6. The van der Waals surface area contributed by atoms with Gasteiger partial charge in [0.1, 0.15) is 17.2 Å². The maximum atomic E-state index is 14.6. The van der Waals surface area contributed by atoms with Crippen LogP contribution in [-0.2, 0) is 19.1 Å². The molecule has 246 valence electrons. The lowest BCUT2D eigenvalue weighted by Crippen LogP contribution is -2.59. The van der Waals surface area contributed by atoms with Crippen LogP contribution in [0.2, 0.25) is 0 Å². The molecule has 0 aromatic carbocycles. The Morgan fingerprint density at radius 2 is 1.84 bits per heavy atom. The van der Waals surface area contributed by atoms with Gasteiger partial charge in [0, 0.05) is 31.0 Å². The van der Waals surface area contributed by atoms with Crippen LogP contribution < -0.4 is 5.32 Å². The minimum Gasteiger partial charge on any atom is -0.461 e. The van der Waals surface area contributed by atoms with E-state index in [0.717, 1.165) is 57.9 Å². The third-order valence-corrected chi connectivity index (χ3v) is 9.60. The Labute approximate surface area is 264 Å². The summed E-state index contributed by atoms with van der Waals surface area (Å²) in [4.78, 5) is 49.1. The van der Waals surface area contributed by atoms with E-state index in [1.165, 1.54) is 11.3 Å². The number of esters is 1. The number of nitrogens with one attached hydrogen (secondary N) is 1. The smallest absolute Gasteiger partial charge is 0.357 e.